The van der Waals surface area contributed by atoms with Gasteiger partial charge < -0.3 is 24.5 Å². The number of fused-ring (bicyclic) bond motifs is 1. The summed E-state index contributed by atoms with van der Waals surface area (Å²) in [5, 5.41) is 0.949. The summed E-state index contributed by atoms with van der Waals surface area (Å²) in [7, 11) is 3.44. The average Bonchev–Trinajstić information content (AvgIpc) is 3.35. The van der Waals surface area contributed by atoms with Crippen LogP contribution in [-0.2, 0) is 6.61 Å². The molecule has 2 aromatic carbocycles. The smallest absolute Gasteiger partial charge is 0.270 e. The highest BCUT2D eigenvalue weighted by Crippen LogP contribution is 2.26. The number of amides is 2. The second-order valence-electron chi connectivity index (χ2n) is 9.28. The molecule has 4 aromatic rings. The number of carbonyl (C=O) groups excluding carboxylic acids is 2. The molecule has 8 nitrogen and oxygen atoms in total. The van der Waals surface area contributed by atoms with Gasteiger partial charge in [-0.25, -0.2) is 0 Å². The predicted octanol–water partition coefficient (Wildman–Crippen LogP) is 4.07. The van der Waals surface area contributed by atoms with Crippen molar-refractivity contribution < 1.29 is 14.3 Å². The van der Waals surface area contributed by atoms with Crippen LogP contribution in [0.5, 0.6) is 5.75 Å². The predicted molar refractivity (Wildman–Crippen MR) is 143 cm³/mol. The first-order valence-electron chi connectivity index (χ1n) is 12.1. The van der Waals surface area contributed by atoms with Crippen LogP contribution in [0.15, 0.2) is 77.7 Å². The van der Waals surface area contributed by atoms with Crippen molar-refractivity contribution in [3.8, 4) is 5.75 Å². The van der Waals surface area contributed by atoms with Crippen molar-refractivity contribution in [2.24, 2.45) is 0 Å². The summed E-state index contributed by atoms with van der Waals surface area (Å²) in [4.78, 5) is 47.5. The van der Waals surface area contributed by atoms with Gasteiger partial charge in [0.05, 0.1) is 0 Å². The Labute approximate surface area is 214 Å². The zero-order chi connectivity index (χ0) is 25.9. The molecule has 8 heteroatoms. The Balaban J connectivity index is 1.29. The van der Waals surface area contributed by atoms with Gasteiger partial charge in [-0.2, -0.15) is 0 Å². The number of nitrogens with zero attached hydrogens (tertiary/aromatic N) is 2. The zero-order valence-electron chi connectivity index (χ0n) is 20.8. The van der Waals surface area contributed by atoms with Crippen molar-refractivity contribution in [3.05, 3.63) is 106 Å². The third-order valence-electron chi connectivity index (χ3n) is 6.41. The Morgan fingerprint density at radius 1 is 1.03 bits per heavy atom. The molecule has 2 aromatic heterocycles. The molecule has 1 aliphatic rings. The van der Waals surface area contributed by atoms with E-state index in [1.54, 1.807) is 19.0 Å². The minimum atomic E-state index is -0.342. The maximum atomic E-state index is 13.2. The third-order valence-corrected chi connectivity index (χ3v) is 6.41. The monoisotopic (exact) mass is 496 g/mol. The first-order valence-corrected chi connectivity index (χ1v) is 12.1. The van der Waals surface area contributed by atoms with Crippen LogP contribution in [0.25, 0.3) is 16.5 Å². The van der Waals surface area contributed by atoms with E-state index >= 15 is 0 Å². The molecule has 0 radical (unpaired) electrons. The summed E-state index contributed by atoms with van der Waals surface area (Å²) in [6.07, 6.45) is 4.28. The largest absolute Gasteiger partial charge is 0.483 e. The van der Waals surface area contributed by atoms with Crippen LogP contribution in [0.4, 0.5) is 0 Å². The molecular formula is C29H28N4O4. The summed E-state index contributed by atoms with van der Waals surface area (Å²) < 4.78 is 5.64. The van der Waals surface area contributed by atoms with E-state index in [2.05, 4.69) is 16.0 Å². The van der Waals surface area contributed by atoms with Crippen molar-refractivity contribution in [1.82, 2.24) is 19.8 Å². The van der Waals surface area contributed by atoms with Crippen LogP contribution in [-0.4, -0.2) is 58.8 Å². The number of H-pyrrole nitrogens is 2. The molecule has 5 rings (SSSR count). The summed E-state index contributed by atoms with van der Waals surface area (Å²) in [6.45, 7) is 1.25. The van der Waals surface area contributed by atoms with Crippen LogP contribution >= 0.6 is 0 Å². The van der Waals surface area contributed by atoms with Crippen LogP contribution in [0.2, 0.25) is 0 Å². The lowest BCUT2D eigenvalue weighted by Gasteiger charge is -2.27. The van der Waals surface area contributed by atoms with Gasteiger partial charge in [0.25, 0.3) is 11.8 Å². The second-order valence-corrected chi connectivity index (χ2v) is 9.28. The molecule has 0 saturated heterocycles. The van der Waals surface area contributed by atoms with Crippen LogP contribution in [0.3, 0.4) is 0 Å². The van der Waals surface area contributed by atoms with E-state index in [1.165, 1.54) is 17.2 Å². The molecule has 3 heterocycles. The van der Waals surface area contributed by atoms with E-state index in [4.69, 9.17) is 4.74 Å². The Bertz CT molecular complexity index is 1550. The standard InChI is InChI=1S/C29H28N4O4/c1-32(2)28(35)25-14-21-11-10-20(13-23(21)31-25)22-9-6-12-33(17-22)29(36)24-15-26(34)27(16-30-24)37-18-19-7-4-3-5-8-19/h3-5,7-11,13-16,31H,6,12,17-18H2,1-2H3,(H,30,34). The van der Waals surface area contributed by atoms with Crippen LogP contribution in [0, 0.1) is 0 Å². The average molecular weight is 497 g/mol. The quantitative estimate of drug-likeness (QED) is 0.421. The highest BCUT2D eigenvalue weighted by Gasteiger charge is 2.22. The van der Waals surface area contributed by atoms with E-state index in [-0.39, 0.29) is 35.3 Å². The van der Waals surface area contributed by atoms with Gasteiger partial charge in [0.1, 0.15) is 18.0 Å². The molecule has 2 amide bonds. The number of pyridine rings is 1. The van der Waals surface area contributed by atoms with Gasteiger partial charge >= 0.3 is 0 Å². The van der Waals surface area contributed by atoms with Crippen LogP contribution in [0.1, 0.15) is 38.5 Å². The maximum Gasteiger partial charge on any atom is 0.270 e. The third kappa shape index (κ3) is 5.18. The SMILES string of the molecule is CN(C)C(=O)c1cc2ccc(C3=CCCN(C(=O)c4cc(=O)c(OCc5ccccc5)c[nH]4)C3)cc2[nH]1. The number of hydrogen-bond donors (Lipinski definition) is 2. The number of benzene rings is 2. The number of aromatic nitrogens is 2. The van der Waals surface area contributed by atoms with E-state index in [9.17, 15) is 14.4 Å². The van der Waals surface area contributed by atoms with Gasteiger partial charge in [-0.3, -0.25) is 14.4 Å². The second kappa shape index (κ2) is 10.2. The van der Waals surface area contributed by atoms with E-state index in [0.29, 0.717) is 25.2 Å². The molecule has 0 spiro atoms. The molecule has 0 aliphatic carbocycles. The summed E-state index contributed by atoms with van der Waals surface area (Å²) in [6, 6.07) is 18.7. The fourth-order valence-electron chi connectivity index (χ4n) is 4.41. The molecule has 37 heavy (non-hydrogen) atoms. The molecule has 0 atom stereocenters. The maximum absolute atomic E-state index is 13.2. The Morgan fingerprint density at radius 3 is 2.59 bits per heavy atom. The summed E-state index contributed by atoms with van der Waals surface area (Å²) in [5.74, 6) is -0.153. The number of nitrogens with one attached hydrogen (secondary N) is 2. The molecule has 0 saturated carbocycles. The van der Waals surface area contributed by atoms with Gasteiger partial charge in [0.15, 0.2) is 5.75 Å². The van der Waals surface area contributed by atoms with Crippen molar-refractivity contribution >= 4 is 28.3 Å². The lowest BCUT2D eigenvalue weighted by Crippen LogP contribution is -2.36. The Hall–Kier alpha value is -4.59. The summed E-state index contributed by atoms with van der Waals surface area (Å²) >= 11 is 0. The van der Waals surface area contributed by atoms with Crippen LogP contribution < -0.4 is 10.2 Å². The van der Waals surface area contributed by atoms with Gasteiger partial charge in [-0.05, 0) is 35.3 Å². The molecule has 2 N–H and O–H groups in total. The Kier molecular flexibility index (Phi) is 6.64. The molecule has 0 unspecified atom stereocenters. The lowest BCUT2D eigenvalue weighted by molar-refractivity contribution is 0.0767. The first kappa shape index (κ1) is 24.1. The highest BCUT2D eigenvalue weighted by atomic mass is 16.5. The summed E-state index contributed by atoms with van der Waals surface area (Å²) in [5.41, 5.74) is 4.23. The normalized spacial score (nSPS) is 13.4. The fraction of sp³-hybridized carbons (Fsp3) is 0.207. The van der Waals surface area contributed by atoms with Gasteiger partial charge in [0.2, 0.25) is 5.43 Å². The Morgan fingerprint density at radius 2 is 1.84 bits per heavy atom. The van der Waals surface area contributed by atoms with Gasteiger partial charge in [0, 0.05) is 50.4 Å². The number of carbonyl (C=O) groups is 2. The number of rotatable bonds is 6. The number of hydrogen-bond acceptors (Lipinski definition) is 4. The van der Waals surface area contributed by atoms with Crippen molar-refractivity contribution in [3.63, 3.8) is 0 Å². The van der Waals surface area contributed by atoms with E-state index in [0.717, 1.165) is 27.6 Å². The minimum absolute atomic E-state index is 0.0862. The minimum Gasteiger partial charge on any atom is -0.483 e. The fourth-order valence-corrected chi connectivity index (χ4v) is 4.41. The number of aromatic amines is 2. The van der Waals surface area contributed by atoms with Crippen molar-refractivity contribution in [1.29, 1.82) is 0 Å². The van der Waals surface area contributed by atoms with Gasteiger partial charge in [-0.15, -0.1) is 0 Å². The highest BCUT2D eigenvalue weighted by molar-refractivity contribution is 5.98. The zero-order valence-corrected chi connectivity index (χ0v) is 20.8. The first-order chi connectivity index (χ1) is 17.9. The molecule has 0 bridgehead atoms. The lowest BCUT2D eigenvalue weighted by atomic mass is 10.00. The molecule has 1 aliphatic heterocycles. The molecule has 0 fully saturated rings. The topological polar surface area (TPSA) is 98.5 Å². The molecular weight excluding hydrogens is 468 g/mol. The van der Waals surface area contributed by atoms with Crippen molar-refractivity contribution in [2.75, 3.05) is 27.2 Å². The van der Waals surface area contributed by atoms with E-state index < -0.39 is 0 Å². The van der Waals surface area contributed by atoms with Crippen molar-refractivity contribution in [2.45, 2.75) is 13.0 Å². The van der Waals surface area contributed by atoms with Gasteiger partial charge in [-0.1, -0.05) is 48.5 Å². The molecule has 188 valence electrons. The number of ether oxygens (including phenoxy) is 1. The van der Waals surface area contributed by atoms with E-state index in [1.807, 2.05) is 54.6 Å².